The minimum atomic E-state index is -3.41. The molecule has 0 saturated heterocycles. The smallest absolute Gasteiger partial charge is 0.240 e. The third-order valence-electron chi connectivity index (χ3n) is 4.20. The van der Waals surface area contributed by atoms with Crippen molar-refractivity contribution < 1.29 is 8.42 Å². The SMILES string of the molecule is CNCc1ccccc1S(=O)(=O)NCC1CCCC1C. The number of rotatable bonds is 6. The fourth-order valence-corrected chi connectivity index (χ4v) is 4.25. The summed E-state index contributed by atoms with van der Waals surface area (Å²) in [5.41, 5.74) is 0.807. The lowest BCUT2D eigenvalue weighted by molar-refractivity contribution is 0.414. The summed E-state index contributed by atoms with van der Waals surface area (Å²) in [5, 5.41) is 3.01. The molecular formula is C15H24N2O2S. The highest BCUT2D eigenvalue weighted by molar-refractivity contribution is 7.89. The fraction of sp³-hybridized carbons (Fsp3) is 0.600. The molecule has 2 unspecified atom stereocenters. The normalized spacial score (nSPS) is 23.1. The summed E-state index contributed by atoms with van der Waals surface area (Å²) >= 11 is 0. The Morgan fingerprint density at radius 1 is 1.25 bits per heavy atom. The molecular weight excluding hydrogens is 272 g/mol. The molecule has 0 spiro atoms. The fourth-order valence-electron chi connectivity index (χ4n) is 2.92. The first-order chi connectivity index (χ1) is 9.54. The van der Waals surface area contributed by atoms with Gasteiger partial charge in [-0.3, -0.25) is 0 Å². The summed E-state index contributed by atoms with van der Waals surface area (Å²) in [6.45, 7) is 3.31. The predicted octanol–water partition coefficient (Wildman–Crippen LogP) is 2.12. The molecule has 1 aromatic carbocycles. The van der Waals surface area contributed by atoms with Crippen LogP contribution in [0.25, 0.3) is 0 Å². The van der Waals surface area contributed by atoms with Crippen molar-refractivity contribution in [3.8, 4) is 0 Å². The minimum absolute atomic E-state index is 0.389. The third-order valence-corrected chi connectivity index (χ3v) is 5.73. The first-order valence-electron chi connectivity index (χ1n) is 7.27. The van der Waals surface area contributed by atoms with Crippen LogP contribution in [0.1, 0.15) is 31.7 Å². The quantitative estimate of drug-likeness (QED) is 0.845. The van der Waals surface area contributed by atoms with E-state index in [1.165, 1.54) is 12.8 Å². The lowest BCUT2D eigenvalue weighted by Gasteiger charge is -2.17. The van der Waals surface area contributed by atoms with Gasteiger partial charge in [-0.2, -0.15) is 0 Å². The van der Waals surface area contributed by atoms with E-state index in [4.69, 9.17) is 0 Å². The van der Waals surface area contributed by atoms with Crippen molar-refractivity contribution >= 4 is 10.0 Å². The predicted molar refractivity (Wildman–Crippen MR) is 80.9 cm³/mol. The van der Waals surface area contributed by atoms with Gasteiger partial charge in [-0.1, -0.05) is 38.0 Å². The van der Waals surface area contributed by atoms with Crippen LogP contribution in [-0.2, 0) is 16.6 Å². The number of sulfonamides is 1. The van der Waals surface area contributed by atoms with E-state index in [0.29, 0.717) is 29.8 Å². The van der Waals surface area contributed by atoms with Crippen LogP contribution in [-0.4, -0.2) is 22.0 Å². The molecule has 0 aliphatic heterocycles. The molecule has 112 valence electrons. The van der Waals surface area contributed by atoms with E-state index in [-0.39, 0.29) is 0 Å². The summed E-state index contributed by atoms with van der Waals surface area (Å²) in [4.78, 5) is 0.389. The second kappa shape index (κ2) is 6.70. The first kappa shape index (κ1) is 15.5. The van der Waals surface area contributed by atoms with Gasteiger partial charge in [-0.05, 0) is 36.9 Å². The van der Waals surface area contributed by atoms with Gasteiger partial charge in [0.05, 0.1) is 4.90 Å². The Morgan fingerprint density at radius 3 is 2.65 bits per heavy atom. The van der Waals surface area contributed by atoms with E-state index in [0.717, 1.165) is 12.0 Å². The minimum Gasteiger partial charge on any atom is -0.316 e. The second-order valence-electron chi connectivity index (χ2n) is 5.66. The zero-order valence-electron chi connectivity index (χ0n) is 12.2. The Hall–Kier alpha value is -0.910. The van der Waals surface area contributed by atoms with E-state index in [1.807, 2.05) is 19.2 Å². The van der Waals surface area contributed by atoms with E-state index < -0.39 is 10.0 Å². The van der Waals surface area contributed by atoms with Crippen LogP contribution >= 0.6 is 0 Å². The summed E-state index contributed by atoms with van der Waals surface area (Å²) in [6.07, 6.45) is 3.55. The van der Waals surface area contributed by atoms with Crippen molar-refractivity contribution in [3.05, 3.63) is 29.8 Å². The molecule has 2 N–H and O–H groups in total. The van der Waals surface area contributed by atoms with E-state index in [9.17, 15) is 8.42 Å². The molecule has 2 atom stereocenters. The Labute approximate surface area is 122 Å². The molecule has 0 aromatic heterocycles. The molecule has 0 bridgehead atoms. The molecule has 0 heterocycles. The molecule has 1 saturated carbocycles. The van der Waals surface area contributed by atoms with Crippen LogP contribution in [0.4, 0.5) is 0 Å². The summed E-state index contributed by atoms with van der Waals surface area (Å²) in [6, 6.07) is 7.16. The third kappa shape index (κ3) is 3.59. The average molecular weight is 296 g/mol. The molecule has 4 nitrogen and oxygen atoms in total. The van der Waals surface area contributed by atoms with Crippen LogP contribution < -0.4 is 10.0 Å². The van der Waals surface area contributed by atoms with Gasteiger partial charge in [-0.15, -0.1) is 0 Å². The van der Waals surface area contributed by atoms with Crippen molar-refractivity contribution in [2.24, 2.45) is 11.8 Å². The van der Waals surface area contributed by atoms with Gasteiger partial charge in [0.2, 0.25) is 10.0 Å². The Balaban J connectivity index is 2.10. The number of hydrogen-bond donors (Lipinski definition) is 2. The number of benzene rings is 1. The molecule has 1 aliphatic carbocycles. The summed E-state index contributed by atoms with van der Waals surface area (Å²) in [7, 11) is -1.60. The van der Waals surface area contributed by atoms with Crippen molar-refractivity contribution in [2.45, 2.75) is 37.6 Å². The molecule has 0 amide bonds. The Kier molecular flexibility index (Phi) is 5.18. The van der Waals surface area contributed by atoms with Crippen LogP contribution in [0, 0.1) is 11.8 Å². The maximum Gasteiger partial charge on any atom is 0.240 e. The van der Waals surface area contributed by atoms with Crippen molar-refractivity contribution in [3.63, 3.8) is 0 Å². The molecule has 2 rings (SSSR count). The molecule has 1 aromatic rings. The monoisotopic (exact) mass is 296 g/mol. The van der Waals surface area contributed by atoms with E-state index in [2.05, 4.69) is 17.0 Å². The van der Waals surface area contributed by atoms with Gasteiger partial charge in [-0.25, -0.2) is 13.1 Å². The average Bonchev–Trinajstić information content (AvgIpc) is 2.83. The van der Waals surface area contributed by atoms with Gasteiger partial charge in [0.15, 0.2) is 0 Å². The van der Waals surface area contributed by atoms with Gasteiger partial charge in [0.25, 0.3) is 0 Å². The van der Waals surface area contributed by atoms with Gasteiger partial charge >= 0.3 is 0 Å². The molecule has 1 aliphatic rings. The maximum absolute atomic E-state index is 12.5. The zero-order chi connectivity index (χ0) is 14.6. The number of hydrogen-bond acceptors (Lipinski definition) is 3. The standard InChI is InChI=1S/C15H24N2O2S/c1-12-6-5-8-13(12)11-17-20(18,19)15-9-4-3-7-14(15)10-16-2/h3-4,7,9,12-13,16-17H,5-6,8,10-11H2,1-2H3. The maximum atomic E-state index is 12.5. The lowest BCUT2D eigenvalue weighted by atomic mass is 9.99. The Bertz CT molecular complexity index is 543. The highest BCUT2D eigenvalue weighted by Crippen LogP contribution is 2.30. The van der Waals surface area contributed by atoms with Crippen LogP contribution in [0.3, 0.4) is 0 Å². The van der Waals surface area contributed by atoms with E-state index >= 15 is 0 Å². The molecule has 20 heavy (non-hydrogen) atoms. The van der Waals surface area contributed by atoms with E-state index in [1.54, 1.807) is 12.1 Å². The molecule has 5 heteroatoms. The van der Waals surface area contributed by atoms with Gasteiger partial charge < -0.3 is 5.32 Å². The lowest BCUT2D eigenvalue weighted by Crippen LogP contribution is -2.31. The topological polar surface area (TPSA) is 58.2 Å². The Morgan fingerprint density at radius 2 is 2.00 bits per heavy atom. The van der Waals surface area contributed by atoms with Crippen LogP contribution in [0.5, 0.6) is 0 Å². The van der Waals surface area contributed by atoms with Crippen molar-refractivity contribution in [1.82, 2.24) is 10.0 Å². The molecule has 0 radical (unpaired) electrons. The zero-order valence-corrected chi connectivity index (χ0v) is 13.0. The number of nitrogens with one attached hydrogen (secondary N) is 2. The van der Waals surface area contributed by atoms with Gasteiger partial charge in [0, 0.05) is 13.1 Å². The summed E-state index contributed by atoms with van der Waals surface area (Å²) in [5.74, 6) is 1.09. The van der Waals surface area contributed by atoms with Crippen LogP contribution in [0.2, 0.25) is 0 Å². The van der Waals surface area contributed by atoms with Gasteiger partial charge in [0.1, 0.15) is 0 Å². The van der Waals surface area contributed by atoms with Crippen molar-refractivity contribution in [2.75, 3.05) is 13.6 Å². The summed E-state index contributed by atoms with van der Waals surface area (Å²) < 4.78 is 27.7. The van der Waals surface area contributed by atoms with Crippen LogP contribution in [0.15, 0.2) is 29.2 Å². The highest BCUT2D eigenvalue weighted by Gasteiger charge is 2.26. The first-order valence-corrected chi connectivity index (χ1v) is 8.75. The molecule has 1 fully saturated rings. The highest BCUT2D eigenvalue weighted by atomic mass is 32.2. The largest absolute Gasteiger partial charge is 0.316 e. The van der Waals surface area contributed by atoms with Crippen molar-refractivity contribution in [1.29, 1.82) is 0 Å². The second-order valence-corrected chi connectivity index (χ2v) is 7.39.